The van der Waals surface area contributed by atoms with E-state index >= 15 is 0 Å². The quantitative estimate of drug-likeness (QED) is 0.250. The first-order valence-electron chi connectivity index (χ1n) is 3.48. The van der Waals surface area contributed by atoms with Crippen molar-refractivity contribution in [3.63, 3.8) is 0 Å². The van der Waals surface area contributed by atoms with Crippen LogP contribution in [0.15, 0.2) is 23.3 Å². The first kappa shape index (κ1) is 11.5. The Kier molecular flexibility index (Phi) is 3.19. The molecule has 0 amide bonds. The summed E-state index contributed by atoms with van der Waals surface area (Å²) < 4.78 is 0. The molecule has 0 aromatic carbocycles. The molecule has 4 nitrogen and oxygen atoms in total. The van der Waals surface area contributed by atoms with Crippen LogP contribution in [0.1, 0.15) is 0 Å². The zero-order valence-corrected chi connectivity index (χ0v) is 8.88. The second-order valence-electron chi connectivity index (χ2n) is 2.61. The van der Waals surface area contributed by atoms with Crippen molar-refractivity contribution < 1.29 is 9.72 Å². The van der Waals surface area contributed by atoms with E-state index in [4.69, 9.17) is 34.8 Å². The molecule has 1 rings (SSSR count). The largest absolute Gasteiger partial charge is 0.345 e. The lowest BCUT2D eigenvalue weighted by molar-refractivity contribution is -0.533. The van der Waals surface area contributed by atoms with Crippen LogP contribution in [0.5, 0.6) is 0 Å². The highest BCUT2D eigenvalue weighted by atomic mass is 35.5. The molecule has 0 spiro atoms. The Hall–Kier alpha value is -0.580. The van der Waals surface area contributed by atoms with Crippen molar-refractivity contribution in [3.8, 4) is 0 Å². The molecule has 0 radical (unpaired) electrons. The lowest BCUT2D eigenvalue weighted by atomic mass is 9.96. The fourth-order valence-electron chi connectivity index (χ4n) is 1.07. The Morgan fingerprint density at radius 3 is 2.57 bits per heavy atom. The summed E-state index contributed by atoms with van der Waals surface area (Å²) in [5.74, 6) is -1.25. The molecule has 0 aliphatic heterocycles. The van der Waals surface area contributed by atoms with Gasteiger partial charge in [-0.3, -0.25) is 14.9 Å². The zero-order valence-electron chi connectivity index (χ0n) is 6.62. The zero-order chi connectivity index (χ0) is 10.9. The predicted octanol–water partition coefficient (Wildman–Crippen LogP) is 2.27. The SMILES string of the molecule is O=C(Cl)C1C=CC=C(Cl)C1(Cl)[N+](=O)[O-]. The van der Waals surface area contributed by atoms with Crippen molar-refractivity contribution in [1.82, 2.24) is 0 Å². The first-order chi connectivity index (χ1) is 6.40. The Bertz CT molecular complexity index is 352. The summed E-state index contributed by atoms with van der Waals surface area (Å²) in [6, 6.07) is 0. The number of nitrogens with zero attached hydrogens (tertiary/aromatic N) is 1. The average molecular weight is 256 g/mol. The molecular formula is C7H4Cl3NO3. The van der Waals surface area contributed by atoms with Crippen molar-refractivity contribution >= 4 is 40.0 Å². The van der Waals surface area contributed by atoms with Crippen molar-refractivity contribution in [2.45, 2.75) is 5.00 Å². The van der Waals surface area contributed by atoms with Gasteiger partial charge in [0, 0.05) is 4.92 Å². The van der Waals surface area contributed by atoms with Gasteiger partial charge >= 0.3 is 5.00 Å². The third-order valence-electron chi connectivity index (χ3n) is 1.80. The van der Waals surface area contributed by atoms with Crippen molar-refractivity contribution in [3.05, 3.63) is 33.4 Å². The maximum Gasteiger partial charge on any atom is 0.345 e. The van der Waals surface area contributed by atoms with E-state index in [2.05, 4.69) is 0 Å². The van der Waals surface area contributed by atoms with Crippen LogP contribution < -0.4 is 0 Å². The van der Waals surface area contributed by atoms with Gasteiger partial charge in [-0.25, -0.2) is 0 Å². The summed E-state index contributed by atoms with van der Waals surface area (Å²) in [5, 5.41) is 9.56. The molecular weight excluding hydrogens is 252 g/mol. The highest BCUT2D eigenvalue weighted by Crippen LogP contribution is 2.40. The molecule has 76 valence electrons. The minimum Gasteiger partial charge on any atom is -0.280 e. The molecule has 0 aromatic rings. The topological polar surface area (TPSA) is 60.2 Å². The number of carbonyl (C=O) groups excluding carboxylic acids is 1. The third-order valence-corrected chi connectivity index (χ3v) is 3.13. The molecule has 2 atom stereocenters. The number of hydrogen-bond donors (Lipinski definition) is 0. The van der Waals surface area contributed by atoms with E-state index in [1.54, 1.807) is 0 Å². The van der Waals surface area contributed by atoms with E-state index in [0.717, 1.165) is 0 Å². The number of carbonyl (C=O) groups is 1. The van der Waals surface area contributed by atoms with Gasteiger partial charge in [-0.05, 0) is 29.3 Å². The van der Waals surface area contributed by atoms with Gasteiger partial charge in [-0.1, -0.05) is 23.8 Å². The standard InChI is InChI=1S/C7H4Cl3NO3/c8-5-3-1-2-4(6(9)12)7(5,10)11(13)14/h1-4H. The number of rotatable bonds is 2. The van der Waals surface area contributed by atoms with Crippen molar-refractivity contribution in [1.29, 1.82) is 0 Å². The fourth-order valence-corrected chi connectivity index (χ4v) is 1.85. The summed E-state index contributed by atoms with van der Waals surface area (Å²) in [6.45, 7) is 0. The van der Waals surface area contributed by atoms with Crippen LogP contribution in [0.3, 0.4) is 0 Å². The van der Waals surface area contributed by atoms with Gasteiger partial charge in [-0.2, -0.15) is 0 Å². The molecule has 0 saturated heterocycles. The number of alkyl halides is 1. The Morgan fingerprint density at radius 2 is 2.21 bits per heavy atom. The summed E-state index contributed by atoms with van der Waals surface area (Å²) >= 11 is 16.4. The van der Waals surface area contributed by atoms with Gasteiger partial charge in [0.2, 0.25) is 5.24 Å². The number of allylic oxidation sites excluding steroid dienone is 2. The van der Waals surface area contributed by atoms with E-state index in [9.17, 15) is 14.9 Å². The molecule has 2 unspecified atom stereocenters. The molecule has 14 heavy (non-hydrogen) atoms. The second kappa shape index (κ2) is 3.88. The number of nitro groups is 1. The molecule has 0 aromatic heterocycles. The normalized spacial score (nSPS) is 31.1. The van der Waals surface area contributed by atoms with Crippen LogP contribution >= 0.6 is 34.8 Å². The summed E-state index contributed by atoms with van der Waals surface area (Å²) in [5.41, 5.74) is 0. The predicted molar refractivity (Wildman–Crippen MR) is 53.0 cm³/mol. The maximum atomic E-state index is 10.9. The van der Waals surface area contributed by atoms with Gasteiger partial charge < -0.3 is 0 Å². The van der Waals surface area contributed by atoms with Crippen LogP contribution in [0.25, 0.3) is 0 Å². The minimum absolute atomic E-state index is 0.231. The smallest absolute Gasteiger partial charge is 0.280 e. The molecule has 0 fully saturated rings. The number of hydrogen-bond acceptors (Lipinski definition) is 3. The molecule has 0 heterocycles. The molecule has 1 aliphatic carbocycles. The van der Waals surface area contributed by atoms with Crippen LogP contribution in [-0.4, -0.2) is 15.2 Å². The Morgan fingerprint density at radius 1 is 1.64 bits per heavy atom. The maximum absolute atomic E-state index is 10.9. The van der Waals surface area contributed by atoms with E-state index < -0.39 is 21.1 Å². The van der Waals surface area contributed by atoms with E-state index in [-0.39, 0.29) is 5.03 Å². The van der Waals surface area contributed by atoms with Crippen LogP contribution in [0, 0.1) is 16.0 Å². The van der Waals surface area contributed by atoms with Gasteiger partial charge in [-0.15, -0.1) is 0 Å². The molecule has 7 heteroatoms. The number of halogens is 3. The van der Waals surface area contributed by atoms with Crippen molar-refractivity contribution in [2.24, 2.45) is 5.92 Å². The first-order valence-corrected chi connectivity index (χ1v) is 4.61. The van der Waals surface area contributed by atoms with E-state index in [1.807, 2.05) is 0 Å². The highest BCUT2D eigenvalue weighted by Gasteiger charge is 2.55. The third kappa shape index (κ3) is 1.65. The minimum atomic E-state index is -2.17. The lowest BCUT2D eigenvalue weighted by Gasteiger charge is -2.24. The summed E-state index contributed by atoms with van der Waals surface area (Å²) in [7, 11) is 0. The lowest BCUT2D eigenvalue weighted by Crippen LogP contribution is -2.43. The van der Waals surface area contributed by atoms with Crippen molar-refractivity contribution in [2.75, 3.05) is 0 Å². The fraction of sp³-hybridized carbons (Fsp3) is 0.286. The second-order valence-corrected chi connectivity index (χ2v) is 3.97. The van der Waals surface area contributed by atoms with Gasteiger partial charge in [0.05, 0.1) is 0 Å². The van der Waals surface area contributed by atoms with Crippen LogP contribution in [-0.2, 0) is 4.79 Å². The summed E-state index contributed by atoms with van der Waals surface area (Å²) in [4.78, 5) is 18.6. The van der Waals surface area contributed by atoms with E-state index in [0.29, 0.717) is 0 Å². The molecule has 1 aliphatic rings. The van der Waals surface area contributed by atoms with Gasteiger partial charge in [0.15, 0.2) is 0 Å². The Balaban J connectivity index is 3.22. The van der Waals surface area contributed by atoms with Crippen LogP contribution in [0.2, 0.25) is 0 Å². The summed E-state index contributed by atoms with van der Waals surface area (Å²) in [6.07, 6.45) is 3.90. The molecule has 0 N–H and O–H groups in total. The average Bonchev–Trinajstić information content (AvgIpc) is 2.08. The van der Waals surface area contributed by atoms with E-state index in [1.165, 1.54) is 18.2 Å². The van der Waals surface area contributed by atoms with Crippen LogP contribution in [0.4, 0.5) is 0 Å². The Labute approximate surface area is 94.3 Å². The monoisotopic (exact) mass is 255 g/mol. The van der Waals surface area contributed by atoms with Gasteiger partial charge in [0.25, 0.3) is 0 Å². The van der Waals surface area contributed by atoms with Gasteiger partial charge in [0.1, 0.15) is 11.0 Å². The molecule has 0 saturated carbocycles. The molecule has 0 bridgehead atoms. The highest BCUT2D eigenvalue weighted by molar-refractivity contribution is 6.65.